The highest BCUT2D eigenvalue weighted by Gasteiger charge is 2.04. The molecule has 0 amide bonds. The Morgan fingerprint density at radius 3 is 2.92 bits per heavy atom. The number of carbonyl (C=O) groups is 1. The van der Waals surface area contributed by atoms with E-state index in [1.807, 2.05) is 18.2 Å². The number of rotatable bonds is 3. The van der Waals surface area contributed by atoms with Gasteiger partial charge in [0.25, 0.3) is 0 Å². The van der Waals surface area contributed by atoms with Gasteiger partial charge in [-0.1, -0.05) is 19.1 Å². The van der Waals surface area contributed by atoms with Gasteiger partial charge in [0, 0.05) is 0 Å². The molecule has 1 aromatic carbocycles. The summed E-state index contributed by atoms with van der Waals surface area (Å²) in [4.78, 5) is 11.1. The molecule has 2 nitrogen and oxygen atoms in total. The average molecular weight is 177 g/mol. The Bertz CT molecular complexity index is 292. The topological polar surface area (TPSA) is 26.3 Å². The smallest absolute Gasteiger partial charge is 0.337 e. The van der Waals surface area contributed by atoms with Crippen LogP contribution in [-0.2, 0) is 11.2 Å². The molecule has 0 bridgehead atoms. The minimum Gasteiger partial charge on any atom is -0.465 e. The van der Waals surface area contributed by atoms with Gasteiger partial charge < -0.3 is 4.74 Å². The molecule has 0 saturated carbocycles. The summed E-state index contributed by atoms with van der Waals surface area (Å²) in [5.74, 6) is -0.286. The Labute approximate surface area is 78.5 Å². The first-order chi connectivity index (χ1) is 6.27. The molecule has 0 unspecified atom stereocenters. The van der Waals surface area contributed by atoms with Crippen LogP contribution in [0, 0.1) is 6.92 Å². The van der Waals surface area contributed by atoms with Crippen LogP contribution in [0.3, 0.4) is 0 Å². The fourth-order valence-corrected chi connectivity index (χ4v) is 1.18. The highest BCUT2D eigenvalue weighted by Crippen LogP contribution is 2.08. The second-order valence-electron chi connectivity index (χ2n) is 2.80. The van der Waals surface area contributed by atoms with E-state index in [0.717, 1.165) is 18.4 Å². The van der Waals surface area contributed by atoms with Crippen LogP contribution in [-0.4, -0.2) is 13.1 Å². The molecule has 1 rings (SSSR count). The highest BCUT2D eigenvalue weighted by molar-refractivity contribution is 5.89. The van der Waals surface area contributed by atoms with Crippen molar-refractivity contribution in [3.63, 3.8) is 0 Å². The SMILES string of the molecule is [CH2]CCc1cccc(C(=O)OC)c1. The Morgan fingerprint density at radius 2 is 2.31 bits per heavy atom. The number of hydrogen-bond donors (Lipinski definition) is 0. The van der Waals surface area contributed by atoms with E-state index >= 15 is 0 Å². The second kappa shape index (κ2) is 4.65. The van der Waals surface area contributed by atoms with Crippen LogP contribution in [0.5, 0.6) is 0 Å². The van der Waals surface area contributed by atoms with Gasteiger partial charge in [0.15, 0.2) is 0 Å². The van der Waals surface area contributed by atoms with Crippen molar-refractivity contribution in [3.8, 4) is 0 Å². The largest absolute Gasteiger partial charge is 0.465 e. The third kappa shape index (κ3) is 2.58. The summed E-state index contributed by atoms with van der Waals surface area (Å²) < 4.78 is 4.61. The summed E-state index contributed by atoms with van der Waals surface area (Å²) in [6.07, 6.45) is 1.73. The van der Waals surface area contributed by atoms with Crippen LogP contribution in [0.4, 0.5) is 0 Å². The van der Waals surface area contributed by atoms with Gasteiger partial charge in [-0.15, -0.1) is 0 Å². The van der Waals surface area contributed by atoms with Crippen molar-refractivity contribution in [3.05, 3.63) is 42.3 Å². The van der Waals surface area contributed by atoms with Crippen molar-refractivity contribution in [1.29, 1.82) is 0 Å². The number of esters is 1. The molecule has 2 heteroatoms. The van der Waals surface area contributed by atoms with E-state index < -0.39 is 0 Å². The fraction of sp³-hybridized carbons (Fsp3) is 0.273. The van der Waals surface area contributed by atoms with Gasteiger partial charge in [-0.25, -0.2) is 4.79 Å². The monoisotopic (exact) mass is 177 g/mol. The zero-order valence-corrected chi connectivity index (χ0v) is 7.75. The zero-order chi connectivity index (χ0) is 9.68. The molecule has 0 aliphatic heterocycles. The number of carbonyl (C=O) groups excluding carboxylic acids is 1. The molecule has 1 radical (unpaired) electrons. The minimum atomic E-state index is -0.286. The second-order valence-corrected chi connectivity index (χ2v) is 2.80. The summed E-state index contributed by atoms with van der Waals surface area (Å²) in [7, 11) is 1.39. The molecule has 1 aromatic rings. The van der Waals surface area contributed by atoms with Crippen molar-refractivity contribution in [2.24, 2.45) is 0 Å². The maximum atomic E-state index is 11.1. The quantitative estimate of drug-likeness (QED) is 0.662. The first kappa shape index (κ1) is 9.78. The average Bonchev–Trinajstić information content (AvgIpc) is 2.18. The molecular formula is C11H13O2. The number of hydrogen-bond acceptors (Lipinski definition) is 2. The molecule has 0 spiro atoms. The molecule has 0 N–H and O–H groups in total. The van der Waals surface area contributed by atoms with Crippen LogP contribution in [0.2, 0.25) is 0 Å². The lowest BCUT2D eigenvalue weighted by atomic mass is 10.1. The highest BCUT2D eigenvalue weighted by atomic mass is 16.5. The lowest BCUT2D eigenvalue weighted by molar-refractivity contribution is 0.0600. The summed E-state index contributed by atoms with van der Waals surface area (Å²) in [6, 6.07) is 7.43. The van der Waals surface area contributed by atoms with Crippen molar-refractivity contribution < 1.29 is 9.53 Å². The van der Waals surface area contributed by atoms with Crippen LogP contribution >= 0.6 is 0 Å². The van der Waals surface area contributed by atoms with Gasteiger partial charge in [0.1, 0.15) is 0 Å². The zero-order valence-electron chi connectivity index (χ0n) is 7.75. The van der Waals surface area contributed by atoms with Crippen molar-refractivity contribution in [1.82, 2.24) is 0 Å². The van der Waals surface area contributed by atoms with Gasteiger partial charge >= 0.3 is 5.97 Å². The van der Waals surface area contributed by atoms with Crippen molar-refractivity contribution >= 4 is 5.97 Å². The molecule has 0 aliphatic rings. The standard InChI is InChI=1S/C11H13O2/c1-3-5-9-6-4-7-10(8-9)11(12)13-2/h4,6-8H,1,3,5H2,2H3. The molecule has 0 aliphatic carbocycles. The van der Waals surface area contributed by atoms with Crippen LogP contribution in [0.1, 0.15) is 22.3 Å². The Balaban J connectivity index is 2.85. The lowest BCUT2D eigenvalue weighted by Crippen LogP contribution is -2.01. The first-order valence-electron chi connectivity index (χ1n) is 4.24. The molecule has 69 valence electrons. The first-order valence-corrected chi connectivity index (χ1v) is 4.24. The summed E-state index contributed by atoms with van der Waals surface area (Å²) in [5, 5.41) is 0. The molecule has 13 heavy (non-hydrogen) atoms. The Morgan fingerprint density at radius 1 is 1.54 bits per heavy atom. The van der Waals surface area contributed by atoms with Gasteiger partial charge in [-0.3, -0.25) is 0 Å². The van der Waals surface area contributed by atoms with Gasteiger partial charge in [0.2, 0.25) is 0 Å². The normalized spacial score (nSPS) is 9.69. The van der Waals surface area contributed by atoms with E-state index in [-0.39, 0.29) is 5.97 Å². The van der Waals surface area contributed by atoms with E-state index in [2.05, 4.69) is 11.7 Å². The number of methoxy groups -OCH3 is 1. The Kier molecular flexibility index (Phi) is 3.50. The third-order valence-electron chi connectivity index (χ3n) is 1.81. The molecule has 0 aromatic heterocycles. The number of benzene rings is 1. The van der Waals surface area contributed by atoms with Crippen LogP contribution in [0.15, 0.2) is 24.3 Å². The predicted molar refractivity (Wildman–Crippen MR) is 51.5 cm³/mol. The summed E-state index contributed by atoms with van der Waals surface area (Å²) >= 11 is 0. The molecule has 0 fully saturated rings. The molecule has 0 saturated heterocycles. The summed E-state index contributed by atoms with van der Waals surface area (Å²) in [6.45, 7) is 3.76. The van der Waals surface area contributed by atoms with E-state index in [1.54, 1.807) is 6.07 Å². The molecule has 0 atom stereocenters. The fourth-order valence-electron chi connectivity index (χ4n) is 1.18. The van der Waals surface area contributed by atoms with Crippen molar-refractivity contribution in [2.75, 3.05) is 7.11 Å². The van der Waals surface area contributed by atoms with Gasteiger partial charge in [-0.2, -0.15) is 0 Å². The Hall–Kier alpha value is -1.31. The van der Waals surface area contributed by atoms with Crippen molar-refractivity contribution in [2.45, 2.75) is 12.8 Å². The molecular weight excluding hydrogens is 164 g/mol. The van der Waals surface area contributed by atoms with Gasteiger partial charge in [0.05, 0.1) is 12.7 Å². The lowest BCUT2D eigenvalue weighted by Gasteiger charge is -2.01. The third-order valence-corrected chi connectivity index (χ3v) is 1.81. The maximum absolute atomic E-state index is 11.1. The van der Waals surface area contributed by atoms with Gasteiger partial charge in [-0.05, 0) is 30.5 Å². The van der Waals surface area contributed by atoms with Crippen LogP contribution in [0.25, 0.3) is 0 Å². The maximum Gasteiger partial charge on any atom is 0.337 e. The summed E-state index contributed by atoms with van der Waals surface area (Å²) in [5.41, 5.74) is 1.73. The molecule has 0 heterocycles. The van der Waals surface area contributed by atoms with E-state index in [4.69, 9.17) is 0 Å². The van der Waals surface area contributed by atoms with E-state index in [9.17, 15) is 4.79 Å². The minimum absolute atomic E-state index is 0.286. The van der Waals surface area contributed by atoms with Crippen LogP contribution < -0.4 is 0 Å². The van der Waals surface area contributed by atoms with E-state index in [0.29, 0.717) is 5.56 Å². The number of aryl methyl sites for hydroxylation is 1. The predicted octanol–water partition coefficient (Wildman–Crippen LogP) is 2.24. The number of ether oxygens (including phenoxy) is 1. The van der Waals surface area contributed by atoms with E-state index in [1.165, 1.54) is 7.11 Å².